The first-order valence-corrected chi connectivity index (χ1v) is 26.0. The van der Waals surface area contributed by atoms with Gasteiger partial charge in [0.25, 0.3) is 0 Å². The van der Waals surface area contributed by atoms with E-state index in [2.05, 4.69) is 10.6 Å². The molecule has 2 amide bonds. The van der Waals surface area contributed by atoms with E-state index in [0.29, 0.717) is 0 Å². The number of carboxylic acid groups (broad SMARTS) is 2. The number of hydrogen-bond donors (Lipinski definition) is 22. The van der Waals surface area contributed by atoms with Crippen molar-refractivity contribution >= 4 is 23.8 Å². The first-order chi connectivity index (χ1) is 39.6. The van der Waals surface area contributed by atoms with Crippen molar-refractivity contribution in [1.29, 1.82) is 0 Å². The van der Waals surface area contributed by atoms with Crippen LogP contribution in [-0.2, 0) is 80.8 Å². The molecule has 0 saturated carbocycles. The van der Waals surface area contributed by atoms with E-state index in [1.807, 2.05) is 0 Å². The van der Waals surface area contributed by atoms with Gasteiger partial charge >= 0.3 is 11.9 Å². The van der Waals surface area contributed by atoms with E-state index in [-0.39, 0.29) is 0 Å². The standard InChI is InChI=1S/C45H72N2O37/c1-8(52)46-15-21(58)17(54)10(3-48)73-40(15)81-33-23(60)26(63)42(83-35(33)37(67)68)78-30-13(6-51)76-41(16(22(30)59)47-9(2)53)82-34-24(61)27(64)43(84-36(34)38(69)70)79-32-20(57)12(5-50)75-45(29(32)66)80-31-19(56)11(4-49)74-44(28(31)65)77-14-7-72-39(71)25(62)18(14)55/h10-36,39-45,48-51,54-66,71H,3-7H2,1-2H3,(H,46,52)(H,47,53)(H,67,68)(H,69,70)/t10-,11-,12-,13-,14-,15-,16-,17-,18+,19+,20+,21-,22-,23-,24-,25-,26-,27-,28-,29-,30-,31+,32+,33+,34+,35+,36+,39-,40-,41-,42-,43-,44+,45+/m1/s1. The largest absolute Gasteiger partial charge is 0.479 e. The molecule has 7 fully saturated rings. The second-order valence-corrected chi connectivity index (χ2v) is 20.7. The molecule has 7 aliphatic heterocycles. The number of ether oxygens (including phenoxy) is 13. The number of aliphatic hydroxyl groups is 18. The van der Waals surface area contributed by atoms with Crippen LogP contribution in [0.15, 0.2) is 0 Å². The third-order valence-electron chi connectivity index (χ3n) is 14.9. The van der Waals surface area contributed by atoms with Crippen LogP contribution in [0, 0.1) is 0 Å². The fourth-order valence-corrected chi connectivity index (χ4v) is 10.4. The van der Waals surface area contributed by atoms with Crippen LogP contribution in [0.3, 0.4) is 0 Å². The lowest BCUT2D eigenvalue weighted by Gasteiger charge is -2.50. The maximum Gasteiger partial charge on any atom is 0.335 e. The van der Waals surface area contributed by atoms with Crippen molar-refractivity contribution in [2.24, 2.45) is 0 Å². The lowest BCUT2D eigenvalue weighted by molar-refractivity contribution is -0.390. The number of rotatable bonds is 20. The van der Waals surface area contributed by atoms with E-state index in [1.54, 1.807) is 0 Å². The van der Waals surface area contributed by atoms with E-state index >= 15 is 0 Å². The minimum Gasteiger partial charge on any atom is -0.479 e. The highest BCUT2D eigenvalue weighted by Crippen LogP contribution is 2.38. The number of carbonyl (C=O) groups is 4. The zero-order valence-corrected chi connectivity index (χ0v) is 44.0. The summed E-state index contributed by atoms with van der Waals surface area (Å²) in [5, 5.41) is 219. The molecule has 22 N–H and O–H groups in total. The van der Waals surface area contributed by atoms with Gasteiger partial charge in [0.15, 0.2) is 56.2 Å². The van der Waals surface area contributed by atoms with Gasteiger partial charge in [-0.2, -0.15) is 0 Å². The van der Waals surface area contributed by atoms with Gasteiger partial charge in [0.2, 0.25) is 11.8 Å². The molecule has 0 aromatic carbocycles. The number of aliphatic carboxylic acids is 2. The molecule has 7 heterocycles. The molecule has 7 saturated heterocycles. The Bertz CT molecular complexity index is 2180. The molecule has 0 bridgehead atoms. The zero-order chi connectivity index (χ0) is 62.1. The average molecular weight is 1230 g/mol. The lowest BCUT2D eigenvalue weighted by Crippen LogP contribution is -2.70. The number of nitrogens with one attached hydrogen (secondary N) is 2. The first-order valence-electron chi connectivity index (χ1n) is 26.0. The summed E-state index contributed by atoms with van der Waals surface area (Å²) in [6.07, 6.45) is -66.9. The molecule has 0 radical (unpaired) electrons. The molecular weight excluding hydrogens is 1160 g/mol. The van der Waals surface area contributed by atoms with Crippen LogP contribution < -0.4 is 10.6 Å². The summed E-state index contributed by atoms with van der Waals surface area (Å²) in [5.41, 5.74) is 0. The molecule has 34 atom stereocenters. The van der Waals surface area contributed by atoms with Gasteiger partial charge in [-0.1, -0.05) is 0 Å². The normalized spacial score (nSPS) is 49.3. The SMILES string of the molecule is CC(=O)N[C@H]1[C@@H](O[C@H]2[C@H](O)[C@@H](O)[C@H](O[C@H]3[C@@H](O)[C@@H](CO)O[C@@H](O[C@H]4[C@@H](O)[C@@H](CO)O[C@@H](O[C@@H]5CO[C@@H](O)[C@H](O)[C@H]5O)[C@@H]4O)[C@@H]3O)O[C@@H]2C(=O)O)O[C@H](CO)[C@@H](O[C@@H]2O[C@H](C(=O)O)[C@@H](O[C@H]3O[C@H](CO)[C@@H](O)[C@H](O)[C@H]3NC(C)=O)[C@H](O)[C@H]2O)[C@@H]1O. The lowest BCUT2D eigenvalue weighted by atomic mass is 9.94. The molecule has 7 rings (SSSR count). The highest BCUT2D eigenvalue weighted by molar-refractivity contribution is 5.75. The summed E-state index contributed by atoms with van der Waals surface area (Å²) in [6, 6.07) is -3.66. The fraction of sp³-hybridized carbons (Fsp3) is 0.911. The van der Waals surface area contributed by atoms with Gasteiger partial charge < -0.3 is 174 Å². The molecule has 39 nitrogen and oxygen atoms in total. The Hall–Kier alpha value is -3.36. The third kappa shape index (κ3) is 14.4. The number of hydrogen-bond acceptors (Lipinski definition) is 35. The highest BCUT2D eigenvalue weighted by atomic mass is 16.8. The minimum absolute atomic E-state index is 0.575. The third-order valence-corrected chi connectivity index (χ3v) is 14.9. The summed E-state index contributed by atoms with van der Waals surface area (Å²) in [5.74, 6) is -5.70. The van der Waals surface area contributed by atoms with Crippen molar-refractivity contribution in [3.63, 3.8) is 0 Å². The van der Waals surface area contributed by atoms with Crippen molar-refractivity contribution in [3.8, 4) is 0 Å². The predicted molar refractivity (Wildman–Crippen MR) is 250 cm³/mol. The maximum absolute atomic E-state index is 12.9. The minimum atomic E-state index is -2.50. The Morgan fingerprint density at radius 3 is 1.14 bits per heavy atom. The monoisotopic (exact) mass is 1230 g/mol. The zero-order valence-electron chi connectivity index (χ0n) is 44.0. The number of carboxylic acids is 2. The van der Waals surface area contributed by atoms with Crippen LogP contribution in [0.25, 0.3) is 0 Å². The average Bonchev–Trinajstić information content (AvgIpc) is 1.55. The summed E-state index contributed by atoms with van der Waals surface area (Å²) < 4.78 is 72.0. The Kier molecular flexibility index (Phi) is 23.4. The van der Waals surface area contributed by atoms with E-state index in [0.717, 1.165) is 13.8 Å². The Balaban J connectivity index is 1.05. The molecule has 0 aromatic rings. The molecule has 484 valence electrons. The molecule has 0 aromatic heterocycles. The molecular formula is C45H72N2O37. The molecule has 39 heteroatoms. The van der Waals surface area contributed by atoms with Gasteiger partial charge in [0.05, 0.1) is 33.0 Å². The number of carbonyl (C=O) groups excluding carboxylic acids is 2. The predicted octanol–water partition coefficient (Wildman–Crippen LogP) is -15.2. The van der Waals surface area contributed by atoms with Gasteiger partial charge in [-0.15, -0.1) is 0 Å². The fourth-order valence-electron chi connectivity index (χ4n) is 10.4. The van der Waals surface area contributed by atoms with Crippen LogP contribution in [0.1, 0.15) is 13.8 Å². The second-order valence-electron chi connectivity index (χ2n) is 20.7. The summed E-state index contributed by atoms with van der Waals surface area (Å²) >= 11 is 0. The second kappa shape index (κ2) is 28.9. The van der Waals surface area contributed by atoms with Crippen LogP contribution in [0.4, 0.5) is 0 Å². The van der Waals surface area contributed by atoms with E-state index in [9.17, 15) is 121 Å². The van der Waals surface area contributed by atoms with Crippen LogP contribution in [-0.4, -0.2) is 368 Å². The van der Waals surface area contributed by atoms with Crippen LogP contribution >= 0.6 is 0 Å². The van der Waals surface area contributed by atoms with Crippen molar-refractivity contribution in [2.75, 3.05) is 33.0 Å². The van der Waals surface area contributed by atoms with Gasteiger partial charge in [-0.05, 0) is 0 Å². The maximum atomic E-state index is 12.9. The Morgan fingerprint density at radius 2 is 0.726 bits per heavy atom. The van der Waals surface area contributed by atoms with Crippen molar-refractivity contribution in [1.82, 2.24) is 10.6 Å². The van der Waals surface area contributed by atoms with Crippen LogP contribution in [0.2, 0.25) is 0 Å². The van der Waals surface area contributed by atoms with Crippen molar-refractivity contribution < 1.29 is 183 Å². The first kappa shape index (κ1) is 68.1. The van der Waals surface area contributed by atoms with Gasteiger partial charge in [0.1, 0.15) is 152 Å². The molecule has 0 spiro atoms. The molecule has 7 aliphatic rings. The van der Waals surface area contributed by atoms with Crippen molar-refractivity contribution in [2.45, 2.75) is 223 Å². The van der Waals surface area contributed by atoms with Crippen LogP contribution in [0.5, 0.6) is 0 Å². The van der Waals surface area contributed by atoms with Crippen molar-refractivity contribution in [3.05, 3.63) is 0 Å². The summed E-state index contributed by atoms with van der Waals surface area (Å²) in [6.45, 7) is -2.89. The molecule has 0 unspecified atom stereocenters. The molecule has 0 aliphatic carbocycles. The Morgan fingerprint density at radius 1 is 0.369 bits per heavy atom. The van der Waals surface area contributed by atoms with E-state index < -0.39 is 266 Å². The number of aliphatic hydroxyl groups excluding tert-OH is 18. The van der Waals surface area contributed by atoms with Gasteiger partial charge in [-0.3, -0.25) is 9.59 Å². The van der Waals surface area contributed by atoms with E-state index in [4.69, 9.17) is 61.6 Å². The summed E-state index contributed by atoms with van der Waals surface area (Å²) in [4.78, 5) is 50.1. The van der Waals surface area contributed by atoms with Gasteiger partial charge in [-0.25, -0.2) is 9.59 Å². The van der Waals surface area contributed by atoms with Gasteiger partial charge in [0, 0.05) is 13.8 Å². The quantitative estimate of drug-likeness (QED) is 0.0538. The molecule has 84 heavy (non-hydrogen) atoms. The summed E-state index contributed by atoms with van der Waals surface area (Å²) in [7, 11) is 0. The smallest absolute Gasteiger partial charge is 0.335 e. The highest BCUT2D eigenvalue weighted by Gasteiger charge is 2.60. The Labute approximate surface area is 472 Å². The number of amides is 2. The van der Waals surface area contributed by atoms with E-state index in [1.165, 1.54) is 0 Å². The topological polar surface area (TPSA) is 617 Å².